The highest BCUT2D eigenvalue weighted by Crippen LogP contribution is 2.38. The first kappa shape index (κ1) is 24.4. The zero-order valence-corrected chi connectivity index (χ0v) is 21.1. The fourth-order valence-corrected chi connectivity index (χ4v) is 6.09. The minimum absolute atomic E-state index is 0.00410. The predicted molar refractivity (Wildman–Crippen MR) is 135 cm³/mol. The normalized spacial score (nSPS) is 16.9. The molecule has 1 aliphatic heterocycles. The number of carboxylic acid groups (broad SMARTS) is 1. The van der Waals surface area contributed by atoms with E-state index in [9.17, 15) is 14.7 Å². The van der Waals surface area contributed by atoms with Gasteiger partial charge in [0.1, 0.15) is 11.9 Å². The first-order valence-corrected chi connectivity index (χ1v) is 12.9. The van der Waals surface area contributed by atoms with E-state index in [1.807, 2.05) is 24.4 Å². The van der Waals surface area contributed by atoms with Gasteiger partial charge in [-0.3, -0.25) is 14.6 Å². The molecule has 8 heteroatoms. The number of fused-ring (bicyclic) bond motifs is 1. The molecule has 3 aromatic rings. The molecule has 1 aliphatic rings. The summed E-state index contributed by atoms with van der Waals surface area (Å²) < 4.78 is 8.49. The van der Waals surface area contributed by atoms with Gasteiger partial charge in [-0.1, -0.05) is 25.1 Å². The monoisotopic (exact) mass is 496 g/mol. The molecule has 0 saturated carbocycles. The van der Waals surface area contributed by atoms with Crippen LogP contribution in [0.5, 0.6) is 5.75 Å². The molecule has 0 fully saturated rings. The Hall–Kier alpha value is -2.68. The summed E-state index contributed by atoms with van der Waals surface area (Å²) in [6.45, 7) is 7.20. The van der Waals surface area contributed by atoms with Gasteiger partial charge in [-0.15, -0.1) is 11.3 Å². The smallest absolute Gasteiger partial charge is 0.304 e. The summed E-state index contributed by atoms with van der Waals surface area (Å²) in [6.07, 6.45) is 4.54. The quantitative estimate of drug-likeness (QED) is 0.305. The highest BCUT2D eigenvalue weighted by Gasteiger charge is 2.25. The summed E-state index contributed by atoms with van der Waals surface area (Å²) in [6, 6.07) is 11.8. The van der Waals surface area contributed by atoms with Gasteiger partial charge in [-0.2, -0.15) is 0 Å². The Balaban J connectivity index is 1.63. The Bertz CT molecular complexity index is 1190. The average molecular weight is 497 g/mol. The molecular formula is C26H28N2O4S2. The van der Waals surface area contributed by atoms with Crippen molar-refractivity contribution in [1.82, 2.24) is 9.29 Å². The van der Waals surface area contributed by atoms with Crippen molar-refractivity contribution in [3.63, 3.8) is 0 Å². The SMILES string of the molecule is CC[C@@H]1CN(Cc2cc(C(CC(=O)O)c3ccc(C(C)=O)s3)ccc2C)Sc2cnccc2O1. The molecular weight excluding hydrogens is 468 g/mol. The number of pyridine rings is 1. The lowest BCUT2D eigenvalue weighted by Crippen LogP contribution is -2.29. The van der Waals surface area contributed by atoms with Crippen LogP contribution < -0.4 is 4.74 Å². The molecule has 4 rings (SSSR count). The Morgan fingerprint density at radius 3 is 2.79 bits per heavy atom. The molecule has 0 radical (unpaired) electrons. The fraction of sp³-hybridized carbons (Fsp3) is 0.346. The molecule has 178 valence electrons. The molecule has 1 aromatic carbocycles. The lowest BCUT2D eigenvalue weighted by molar-refractivity contribution is -0.137. The van der Waals surface area contributed by atoms with Crippen molar-refractivity contribution < 1.29 is 19.4 Å². The first-order chi connectivity index (χ1) is 16.3. The number of nitrogens with zero attached hydrogens (tertiary/aromatic N) is 2. The Kier molecular flexibility index (Phi) is 7.70. The van der Waals surface area contributed by atoms with Crippen LogP contribution in [0.25, 0.3) is 0 Å². The van der Waals surface area contributed by atoms with Gasteiger partial charge in [-0.05, 0) is 67.1 Å². The zero-order valence-electron chi connectivity index (χ0n) is 19.5. The van der Waals surface area contributed by atoms with E-state index in [2.05, 4.69) is 35.3 Å². The van der Waals surface area contributed by atoms with E-state index in [0.717, 1.165) is 45.2 Å². The highest BCUT2D eigenvalue weighted by molar-refractivity contribution is 7.97. The minimum Gasteiger partial charge on any atom is -0.488 e. The van der Waals surface area contributed by atoms with Crippen molar-refractivity contribution >= 4 is 35.0 Å². The van der Waals surface area contributed by atoms with E-state index in [4.69, 9.17) is 4.74 Å². The van der Waals surface area contributed by atoms with Gasteiger partial charge in [-0.25, -0.2) is 4.31 Å². The predicted octanol–water partition coefficient (Wildman–Crippen LogP) is 5.94. The van der Waals surface area contributed by atoms with Gasteiger partial charge < -0.3 is 9.84 Å². The molecule has 0 aliphatic carbocycles. The van der Waals surface area contributed by atoms with E-state index in [1.165, 1.54) is 18.3 Å². The minimum atomic E-state index is -0.861. The van der Waals surface area contributed by atoms with E-state index in [-0.39, 0.29) is 24.2 Å². The van der Waals surface area contributed by atoms with Gasteiger partial charge in [0.2, 0.25) is 0 Å². The third kappa shape index (κ3) is 5.68. The van der Waals surface area contributed by atoms with Crippen LogP contribution in [0.1, 0.15) is 63.8 Å². The van der Waals surface area contributed by atoms with Gasteiger partial charge in [0.05, 0.1) is 16.2 Å². The number of aryl methyl sites for hydroxylation is 1. The van der Waals surface area contributed by atoms with Crippen LogP contribution in [0.4, 0.5) is 0 Å². The molecule has 6 nitrogen and oxygen atoms in total. The lowest BCUT2D eigenvalue weighted by Gasteiger charge is -2.24. The molecule has 3 heterocycles. The van der Waals surface area contributed by atoms with Gasteiger partial charge in [0, 0.05) is 36.3 Å². The molecule has 1 unspecified atom stereocenters. The number of Topliss-reactive ketones (excluding diaryl/α,β-unsaturated/α-hetero) is 1. The summed E-state index contributed by atoms with van der Waals surface area (Å²) in [5, 5.41) is 9.59. The number of hydrogen-bond acceptors (Lipinski definition) is 7. The molecule has 1 N–H and O–H groups in total. The highest BCUT2D eigenvalue weighted by atomic mass is 32.2. The third-order valence-corrected chi connectivity index (χ3v) is 8.29. The topological polar surface area (TPSA) is 79.7 Å². The van der Waals surface area contributed by atoms with Crippen molar-refractivity contribution in [3.05, 3.63) is 75.2 Å². The van der Waals surface area contributed by atoms with Crippen LogP contribution in [-0.2, 0) is 11.3 Å². The number of rotatable bonds is 8. The Labute approximate surface area is 208 Å². The van der Waals surface area contributed by atoms with Crippen LogP contribution in [-0.4, -0.2) is 38.8 Å². The fourth-order valence-electron chi connectivity index (χ4n) is 4.02. The second kappa shape index (κ2) is 10.7. The van der Waals surface area contributed by atoms with E-state index in [0.29, 0.717) is 11.4 Å². The van der Waals surface area contributed by atoms with Crippen LogP contribution in [0.15, 0.2) is 53.7 Å². The van der Waals surface area contributed by atoms with Crippen LogP contribution >= 0.6 is 23.3 Å². The number of carboxylic acids is 1. The summed E-state index contributed by atoms with van der Waals surface area (Å²) in [7, 11) is 0. The van der Waals surface area contributed by atoms with E-state index >= 15 is 0 Å². The molecule has 0 saturated heterocycles. The number of aromatic nitrogens is 1. The number of thiophene rings is 1. The average Bonchev–Trinajstić information content (AvgIpc) is 3.22. The number of carbonyl (C=O) groups excluding carboxylic acids is 1. The summed E-state index contributed by atoms with van der Waals surface area (Å²) >= 11 is 3.02. The van der Waals surface area contributed by atoms with Gasteiger partial charge >= 0.3 is 5.97 Å². The van der Waals surface area contributed by atoms with Crippen LogP contribution in [0.2, 0.25) is 0 Å². The first-order valence-electron chi connectivity index (χ1n) is 11.3. The number of carbonyl (C=O) groups is 2. The van der Waals surface area contributed by atoms with Crippen molar-refractivity contribution in [2.24, 2.45) is 0 Å². The summed E-state index contributed by atoms with van der Waals surface area (Å²) in [5.74, 6) is -0.306. The van der Waals surface area contributed by atoms with Crippen LogP contribution in [0, 0.1) is 6.92 Å². The Morgan fingerprint density at radius 1 is 1.26 bits per heavy atom. The molecule has 0 spiro atoms. The van der Waals surface area contributed by atoms with Crippen molar-refractivity contribution in [1.29, 1.82) is 0 Å². The van der Waals surface area contributed by atoms with Gasteiger partial charge in [0.15, 0.2) is 5.78 Å². The van der Waals surface area contributed by atoms with Crippen molar-refractivity contribution in [3.8, 4) is 5.75 Å². The summed E-state index contributed by atoms with van der Waals surface area (Å²) in [5.41, 5.74) is 3.25. The molecule has 34 heavy (non-hydrogen) atoms. The number of aliphatic carboxylic acids is 1. The second-order valence-corrected chi connectivity index (χ2v) is 10.7. The largest absolute Gasteiger partial charge is 0.488 e. The van der Waals surface area contributed by atoms with Crippen molar-refractivity contribution in [2.45, 2.75) is 57.1 Å². The summed E-state index contributed by atoms with van der Waals surface area (Å²) in [4.78, 5) is 30.3. The standard InChI is InChI=1S/C26H28N2O4S2/c1-4-20-15-28(34-25-13-27-10-9-22(25)32-20)14-19-11-18(6-5-16(19)2)21(12-26(30)31)24-8-7-23(33-24)17(3)29/h5-11,13,20-21H,4,12,14-15H2,1-3H3,(H,30,31)/t20-,21?/m1/s1. The molecule has 2 aromatic heterocycles. The number of ketones is 1. The van der Waals surface area contributed by atoms with E-state index < -0.39 is 5.97 Å². The number of hydrogen-bond donors (Lipinski definition) is 1. The zero-order chi connectivity index (χ0) is 24.2. The lowest BCUT2D eigenvalue weighted by atomic mass is 9.91. The maximum Gasteiger partial charge on any atom is 0.304 e. The maximum atomic E-state index is 11.8. The van der Waals surface area contributed by atoms with E-state index in [1.54, 1.807) is 24.2 Å². The molecule has 2 atom stereocenters. The third-order valence-electron chi connectivity index (χ3n) is 5.95. The molecule has 0 bridgehead atoms. The maximum absolute atomic E-state index is 11.8. The number of benzene rings is 1. The Morgan fingerprint density at radius 2 is 2.09 bits per heavy atom. The molecule has 0 amide bonds. The second-order valence-electron chi connectivity index (χ2n) is 8.48. The van der Waals surface area contributed by atoms with Gasteiger partial charge in [0.25, 0.3) is 0 Å². The number of ether oxygens (including phenoxy) is 1. The van der Waals surface area contributed by atoms with Crippen molar-refractivity contribution in [2.75, 3.05) is 6.54 Å². The van der Waals surface area contributed by atoms with Crippen LogP contribution in [0.3, 0.4) is 0 Å².